The number of carbonyl (C=O) groups excluding carboxylic acids is 2. The molecule has 0 aliphatic rings. The normalized spacial score (nSPS) is 10.5. The monoisotopic (exact) mass is 383 g/mol. The zero-order chi connectivity index (χ0) is 19.9. The Morgan fingerprint density at radius 3 is 2.46 bits per heavy atom. The number of ether oxygens (including phenoxy) is 1. The van der Waals surface area contributed by atoms with Crippen LogP contribution in [-0.2, 0) is 16.0 Å². The van der Waals surface area contributed by atoms with Crippen LogP contribution in [0, 0.1) is 5.82 Å². The fourth-order valence-electron chi connectivity index (χ4n) is 2.41. The van der Waals surface area contributed by atoms with Crippen molar-refractivity contribution in [1.29, 1.82) is 0 Å². The molecule has 0 unspecified atom stereocenters. The minimum absolute atomic E-state index is 0.144. The van der Waals surface area contributed by atoms with Crippen molar-refractivity contribution < 1.29 is 23.1 Å². The van der Waals surface area contributed by atoms with Crippen LogP contribution < -0.4 is 5.32 Å². The second kappa shape index (κ2) is 8.90. The van der Waals surface area contributed by atoms with Gasteiger partial charge < -0.3 is 14.5 Å². The highest BCUT2D eigenvalue weighted by molar-refractivity contribution is 5.93. The van der Waals surface area contributed by atoms with Crippen LogP contribution in [0.2, 0.25) is 0 Å². The van der Waals surface area contributed by atoms with Gasteiger partial charge in [0.15, 0.2) is 0 Å². The van der Waals surface area contributed by atoms with Crippen molar-refractivity contribution in [1.82, 2.24) is 10.2 Å². The van der Waals surface area contributed by atoms with E-state index in [2.05, 4.69) is 15.5 Å². The van der Waals surface area contributed by atoms with Crippen molar-refractivity contribution in [2.24, 2.45) is 0 Å². The number of amides is 1. The van der Waals surface area contributed by atoms with E-state index in [1.54, 1.807) is 43.3 Å². The zero-order valence-electron chi connectivity index (χ0n) is 15.1. The van der Waals surface area contributed by atoms with Crippen LogP contribution in [0.25, 0.3) is 11.5 Å². The molecule has 7 nitrogen and oxygen atoms in total. The summed E-state index contributed by atoms with van der Waals surface area (Å²) >= 11 is 0. The first kappa shape index (κ1) is 19.2. The van der Waals surface area contributed by atoms with Crippen LogP contribution in [0.4, 0.5) is 10.1 Å². The third-order valence-electron chi connectivity index (χ3n) is 3.80. The molecule has 0 aliphatic carbocycles. The van der Waals surface area contributed by atoms with Crippen molar-refractivity contribution in [2.45, 2.75) is 19.8 Å². The number of hydrogen-bond donors (Lipinski definition) is 1. The van der Waals surface area contributed by atoms with E-state index < -0.39 is 5.97 Å². The Kier molecular flexibility index (Phi) is 6.11. The van der Waals surface area contributed by atoms with Gasteiger partial charge in [0.2, 0.25) is 17.7 Å². The van der Waals surface area contributed by atoms with Gasteiger partial charge in [0, 0.05) is 24.1 Å². The summed E-state index contributed by atoms with van der Waals surface area (Å²) in [4.78, 5) is 23.7. The average molecular weight is 383 g/mol. The molecule has 2 aromatic carbocycles. The summed E-state index contributed by atoms with van der Waals surface area (Å²) in [5.74, 6) is -0.410. The highest BCUT2D eigenvalue weighted by Crippen LogP contribution is 2.19. The van der Waals surface area contributed by atoms with Crippen LogP contribution in [0.5, 0.6) is 0 Å². The minimum Gasteiger partial charge on any atom is -0.462 e. The summed E-state index contributed by atoms with van der Waals surface area (Å²) in [6, 6.07) is 12.1. The molecule has 0 saturated heterocycles. The van der Waals surface area contributed by atoms with Gasteiger partial charge in [-0.2, -0.15) is 0 Å². The van der Waals surface area contributed by atoms with E-state index in [1.807, 2.05) is 0 Å². The molecule has 28 heavy (non-hydrogen) atoms. The van der Waals surface area contributed by atoms with E-state index >= 15 is 0 Å². The Labute approximate surface area is 160 Å². The molecule has 1 N–H and O–H groups in total. The van der Waals surface area contributed by atoms with Crippen molar-refractivity contribution in [3.05, 3.63) is 65.8 Å². The molecule has 0 atom stereocenters. The van der Waals surface area contributed by atoms with Gasteiger partial charge in [-0.05, 0) is 55.5 Å². The van der Waals surface area contributed by atoms with Gasteiger partial charge in [-0.1, -0.05) is 0 Å². The lowest BCUT2D eigenvalue weighted by molar-refractivity contribution is -0.116. The lowest BCUT2D eigenvalue weighted by Crippen LogP contribution is -2.12. The molecule has 1 heterocycles. The first-order valence-electron chi connectivity index (χ1n) is 8.70. The Balaban J connectivity index is 1.52. The summed E-state index contributed by atoms with van der Waals surface area (Å²) < 4.78 is 23.4. The summed E-state index contributed by atoms with van der Waals surface area (Å²) in [6.45, 7) is 2.04. The van der Waals surface area contributed by atoms with E-state index in [-0.39, 0.29) is 30.5 Å². The van der Waals surface area contributed by atoms with E-state index in [0.29, 0.717) is 29.3 Å². The van der Waals surface area contributed by atoms with Gasteiger partial charge in [-0.3, -0.25) is 4.79 Å². The van der Waals surface area contributed by atoms with E-state index in [4.69, 9.17) is 9.15 Å². The van der Waals surface area contributed by atoms with Gasteiger partial charge in [0.25, 0.3) is 0 Å². The zero-order valence-corrected chi connectivity index (χ0v) is 15.1. The number of nitrogens with one attached hydrogen (secondary N) is 1. The van der Waals surface area contributed by atoms with Crippen LogP contribution in [0.1, 0.15) is 29.6 Å². The molecule has 0 spiro atoms. The SMILES string of the molecule is CCOC(=O)c1ccc(NC(=O)CCc2nnc(-c3ccc(F)cc3)o2)cc1. The number of hydrogen-bond acceptors (Lipinski definition) is 6. The average Bonchev–Trinajstić information content (AvgIpc) is 3.17. The largest absolute Gasteiger partial charge is 0.462 e. The van der Waals surface area contributed by atoms with Crippen molar-refractivity contribution in [3.63, 3.8) is 0 Å². The number of aryl methyl sites for hydroxylation is 1. The summed E-state index contributed by atoms with van der Waals surface area (Å²) in [5.41, 5.74) is 1.58. The molecule has 0 saturated carbocycles. The minimum atomic E-state index is -0.409. The maximum atomic E-state index is 13.0. The number of anilines is 1. The predicted octanol–water partition coefficient (Wildman–Crippen LogP) is 3.62. The number of aromatic nitrogens is 2. The predicted molar refractivity (Wildman–Crippen MR) is 99.0 cm³/mol. The van der Waals surface area contributed by atoms with Crippen LogP contribution in [0.3, 0.4) is 0 Å². The molecular formula is C20H18FN3O4. The third-order valence-corrected chi connectivity index (χ3v) is 3.80. The van der Waals surface area contributed by atoms with E-state index in [1.165, 1.54) is 12.1 Å². The fourth-order valence-corrected chi connectivity index (χ4v) is 2.41. The molecule has 3 rings (SSSR count). The van der Waals surface area contributed by atoms with Gasteiger partial charge in [0.1, 0.15) is 5.82 Å². The molecule has 1 aromatic heterocycles. The maximum Gasteiger partial charge on any atom is 0.338 e. The van der Waals surface area contributed by atoms with Crippen LogP contribution >= 0.6 is 0 Å². The van der Waals surface area contributed by atoms with E-state index in [0.717, 1.165) is 0 Å². The second-order valence-electron chi connectivity index (χ2n) is 5.85. The lowest BCUT2D eigenvalue weighted by atomic mass is 10.2. The Morgan fingerprint density at radius 1 is 1.07 bits per heavy atom. The molecule has 0 bridgehead atoms. The molecule has 3 aromatic rings. The first-order valence-corrected chi connectivity index (χ1v) is 8.70. The molecule has 0 aliphatic heterocycles. The Morgan fingerprint density at radius 2 is 1.79 bits per heavy atom. The topological polar surface area (TPSA) is 94.3 Å². The highest BCUT2D eigenvalue weighted by Gasteiger charge is 2.11. The van der Waals surface area contributed by atoms with Gasteiger partial charge >= 0.3 is 5.97 Å². The van der Waals surface area contributed by atoms with Gasteiger partial charge in [-0.15, -0.1) is 10.2 Å². The number of benzene rings is 2. The van der Waals surface area contributed by atoms with Crippen molar-refractivity contribution >= 4 is 17.6 Å². The van der Waals surface area contributed by atoms with Gasteiger partial charge in [0.05, 0.1) is 12.2 Å². The number of rotatable bonds is 7. The number of carbonyl (C=O) groups is 2. The number of esters is 1. The standard InChI is InChI=1S/C20H18FN3O4/c1-2-27-20(26)14-5-9-16(10-6-14)22-17(25)11-12-18-23-24-19(28-18)13-3-7-15(21)8-4-13/h3-10H,2,11-12H2,1H3,(H,22,25). The molecule has 8 heteroatoms. The van der Waals surface area contributed by atoms with Crippen LogP contribution in [-0.4, -0.2) is 28.7 Å². The molecule has 0 radical (unpaired) electrons. The summed E-state index contributed by atoms with van der Waals surface area (Å²) in [6.07, 6.45) is 0.408. The molecule has 0 fully saturated rings. The second-order valence-corrected chi connectivity index (χ2v) is 5.85. The highest BCUT2D eigenvalue weighted by atomic mass is 19.1. The summed E-state index contributed by atoms with van der Waals surface area (Å²) in [5, 5.41) is 10.5. The fraction of sp³-hybridized carbons (Fsp3) is 0.200. The summed E-state index contributed by atoms with van der Waals surface area (Å²) in [7, 11) is 0. The molecule has 1 amide bonds. The maximum absolute atomic E-state index is 13.0. The number of nitrogens with zero attached hydrogens (tertiary/aromatic N) is 2. The Hall–Kier alpha value is -3.55. The van der Waals surface area contributed by atoms with Crippen molar-refractivity contribution in [3.8, 4) is 11.5 Å². The smallest absolute Gasteiger partial charge is 0.338 e. The van der Waals surface area contributed by atoms with E-state index in [9.17, 15) is 14.0 Å². The quantitative estimate of drug-likeness (QED) is 0.626. The third kappa shape index (κ3) is 5.00. The molecular weight excluding hydrogens is 365 g/mol. The van der Waals surface area contributed by atoms with Crippen LogP contribution in [0.15, 0.2) is 52.9 Å². The number of halogens is 1. The molecule has 144 valence electrons. The Bertz CT molecular complexity index is 952. The van der Waals surface area contributed by atoms with Gasteiger partial charge in [-0.25, -0.2) is 9.18 Å². The van der Waals surface area contributed by atoms with Crippen molar-refractivity contribution in [2.75, 3.05) is 11.9 Å². The first-order chi connectivity index (χ1) is 13.5. The lowest BCUT2D eigenvalue weighted by Gasteiger charge is -2.06.